The summed E-state index contributed by atoms with van der Waals surface area (Å²) in [5.74, 6) is 0.741. The van der Waals surface area contributed by atoms with E-state index in [1.165, 1.54) is 0 Å². The molecule has 0 aromatic carbocycles. The van der Waals surface area contributed by atoms with Crippen LogP contribution >= 0.6 is 0 Å². The van der Waals surface area contributed by atoms with Crippen molar-refractivity contribution >= 4 is 5.78 Å². The minimum atomic E-state index is -0.00633. The number of hydrogen-bond donors (Lipinski definition) is 1. The van der Waals surface area contributed by atoms with Crippen molar-refractivity contribution in [2.24, 2.45) is 17.6 Å². The van der Waals surface area contributed by atoms with Crippen molar-refractivity contribution in [2.45, 2.75) is 26.7 Å². The van der Waals surface area contributed by atoms with Gasteiger partial charge in [-0.2, -0.15) is 0 Å². The molecule has 0 saturated carbocycles. The lowest BCUT2D eigenvalue weighted by Crippen LogP contribution is -2.26. The molecule has 0 amide bonds. The van der Waals surface area contributed by atoms with Gasteiger partial charge in [-0.05, 0) is 30.0 Å². The number of rotatable bonds is 6. The van der Waals surface area contributed by atoms with Crippen molar-refractivity contribution in [1.82, 2.24) is 4.98 Å². The van der Waals surface area contributed by atoms with Crippen LogP contribution in [0.4, 0.5) is 0 Å². The number of Topliss-reactive ketones (excluding diaryl/α,β-unsaturated/α-hetero) is 1. The number of pyridine rings is 1. The second-order valence-electron chi connectivity index (χ2n) is 4.56. The third-order valence-corrected chi connectivity index (χ3v) is 2.62. The summed E-state index contributed by atoms with van der Waals surface area (Å²) in [7, 11) is 0. The highest BCUT2D eigenvalue weighted by molar-refractivity contribution is 5.83. The minimum absolute atomic E-state index is 0.00633. The molecule has 88 valence electrons. The first kappa shape index (κ1) is 12.8. The Balaban J connectivity index is 2.56. The molecule has 1 aromatic heterocycles. The number of carbonyl (C=O) groups excluding carboxylic acids is 1. The van der Waals surface area contributed by atoms with Crippen molar-refractivity contribution in [3.63, 3.8) is 0 Å². The molecule has 0 bridgehead atoms. The Morgan fingerprint density at radius 1 is 1.38 bits per heavy atom. The summed E-state index contributed by atoms with van der Waals surface area (Å²) >= 11 is 0. The van der Waals surface area contributed by atoms with Gasteiger partial charge in [0.1, 0.15) is 5.78 Å². The van der Waals surface area contributed by atoms with E-state index in [-0.39, 0.29) is 11.7 Å². The molecule has 0 radical (unpaired) electrons. The van der Waals surface area contributed by atoms with Gasteiger partial charge in [-0.3, -0.25) is 9.78 Å². The monoisotopic (exact) mass is 220 g/mol. The lowest BCUT2D eigenvalue weighted by Gasteiger charge is -2.15. The molecule has 0 aliphatic carbocycles. The number of ketones is 1. The van der Waals surface area contributed by atoms with Crippen molar-refractivity contribution in [3.8, 4) is 0 Å². The Labute approximate surface area is 97.1 Å². The van der Waals surface area contributed by atoms with E-state index in [0.29, 0.717) is 18.9 Å². The van der Waals surface area contributed by atoms with Crippen LogP contribution in [-0.4, -0.2) is 17.3 Å². The van der Waals surface area contributed by atoms with Gasteiger partial charge in [-0.25, -0.2) is 0 Å². The lowest BCUT2D eigenvalue weighted by molar-refractivity contribution is -0.122. The molecule has 1 rings (SSSR count). The van der Waals surface area contributed by atoms with Crippen molar-refractivity contribution in [3.05, 3.63) is 30.1 Å². The fraction of sp³-hybridized carbons (Fsp3) is 0.538. The first-order chi connectivity index (χ1) is 7.63. The third-order valence-electron chi connectivity index (χ3n) is 2.62. The Morgan fingerprint density at radius 2 is 2.00 bits per heavy atom. The second-order valence-corrected chi connectivity index (χ2v) is 4.56. The summed E-state index contributed by atoms with van der Waals surface area (Å²) in [5.41, 5.74) is 6.66. The Morgan fingerprint density at radius 3 is 2.50 bits per heavy atom. The first-order valence-electron chi connectivity index (χ1n) is 5.75. The molecule has 0 aliphatic heterocycles. The van der Waals surface area contributed by atoms with Crippen LogP contribution in [0.2, 0.25) is 0 Å². The van der Waals surface area contributed by atoms with Gasteiger partial charge in [-0.15, -0.1) is 0 Å². The number of aromatic nitrogens is 1. The number of nitrogens with zero attached hydrogens (tertiary/aromatic N) is 1. The second kappa shape index (κ2) is 6.38. The van der Waals surface area contributed by atoms with Crippen molar-refractivity contribution in [2.75, 3.05) is 6.54 Å². The lowest BCUT2D eigenvalue weighted by atomic mass is 9.90. The first-order valence-corrected chi connectivity index (χ1v) is 5.75. The highest BCUT2D eigenvalue weighted by Crippen LogP contribution is 2.14. The number of nitrogens with two attached hydrogens (primary N) is 1. The average Bonchev–Trinajstić information content (AvgIpc) is 2.26. The third kappa shape index (κ3) is 4.11. The Hall–Kier alpha value is -1.22. The molecular weight excluding hydrogens is 200 g/mol. The zero-order valence-electron chi connectivity index (χ0n) is 10.0. The topological polar surface area (TPSA) is 56.0 Å². The van der Waals surface area contributed by atoms with E-state index in [1.54, 1.807) is 12.4 Å². The summed E-state index contributed by atoms with van der Waals surface area (Å²) in [5, 5.41) is 0. The molecule has 3 nitrogen and oxygen atoms in total. The number of hydrogen-bond acceptors (Lipinski definition) is 3. The summed E-state index contributed by atoms with van der Waals surface area (Å²) in [4.78, 5) is 15.9. The molecule has 0 spiro atoms. The highest BCUT2D eigenvalue weighted by atomic mass is 16.1. The van der Waals surface area contributed by atoms with E-state index in [0.717, 1.165) is 12.0 Å². The van der Waals surface area contributed by atoms with Gasteiger partial charge in [0, 0.05) is 31.3 Å². The minimum Gasteiger partial charge on any atom is -0.330 e. The SMILES string of the molecule is CC(C)CC(CN)C(=O)Cc1ccncc1. The quantitative estimate of drug-likeness (QED) is 0.795. The van der Waals surface area contributed by atoms with Gasteiger partial charge in [0.05, 0.1) is 0 Å². The molecule has 16 heavy (non-hydrogen) atoms. The number of carbonyl (C=O) groups is 1. The van der Waals surface area contributed by atoms with Crippen LogP contribution < -0.4 is 5.73 Å². The van der Waals surface area contributed by atoms with Gasteiger partial charge in [-0.1, -0.05) is 13.8 Å². The average molecular weight is 220 g/mol. The highest BCUT2D eigenvalue weighted by Gasteiger charge is 2.18. The fourth-order valence-corrected chi connectivity index (χ4v) is 1.77. The molecule has 1 unspecified atom stereocenters. The maximum Gasteiger partial charge on any atom is 0.141 e. The summed E-state index contributed by atoms with van der Waals surface area (Å²) < 4.78 is 0. The van der Waals surface area contributed by atoms with Crippen LogP contribution in [0, 0.1) is 11.8 Å². The molecule has 2 N–H and O–H groups in total. The summed E-state index contributed by atoms with van der Waals surface area (Å²) in [6.45, 7) is 4.67. The van der Waals surface area contributed by atoms with Gasteiger partial charge in [0.2, 0.25) is 0 Å². The van der Waals surface area contributed by atoms with E-state index in [1.807, 2.05) is 12.1 Å². The van der Waals surface area contributed by atoms with E-state index in [2.05, 4.69) is 18.8 Å². The maximum absolute atomic E-state index is 12.0. The van der Waals surface area contributed by atoms with Gasteiger partial charge in [0.25, 0.3) is 0 Å². The van der Waals surface area contributed by atoms with Gasteiger partial charge in [0.15, 0.2) is 0 Å². The van der Waals surface area contributed by atoms with Crippen LogP contribution in [0.25, 0.3) is 0 Å². The Bertz CT molecular complexity index is 322. The van der Waals surface area contributed by atoms with Crippen molar-refractivity contribution in [1.29, 1.82) is 0 Å². The predicted octanol–water partition coefficient (Wildman–Crippen LogP) is 1.81. The van der Waals surface area contributed by atoms with Gasteiger partial charge < -0.3 is 5.73 Å². The summed E-state index contributed by atoms with van der Waals surface area (Å²) in [6.07, 6.45) is 4.77. The normalized spacial score (nSPS) is 12.8. The van der Waals surface area contributed by atoms with E-state index in [4.69, 9.17) is 5.73 Å². The fourth-order valence-electron chi connectivity index (χ4n) is 1.77. The molecule has 1 atom stereocenters. The van der Waals surface area contributed by atoms with Crippen molar-refractivity contribution < 1.29 is 4.79 Å². The molecule has 3 heteroatoms. The molecule has 0 aliphatic rings. The molecular formula is C13H20N2O. The van der Waals surface area contributed by atoms with E-state index in [9.17, 15) is 4.79 Å². The summed E-state index contributed by atoms with van der Waals surface area (Å²) in [6, 6.07) is 3.75. The molecule has 0 fully saturated rings. The van der Waals surface area contributed by atoms with Gasteiger partial charge >= 0.3 is 0 Å². The van der Waals surface area contributed by atoms with E-state index < -0.39 is 0 Å². The Kier molecular flexibility index (Phi) is 5.12. The van der Waals surface area contributed by atoms with Crippen LogP contribution in [0.15, 0.2) is 24.5 Å². The standard InChI is InChI=1S/C13H20N2O/c1-10(2)7-12(9-14)13(16)8-11-3-5-15-6-4-11/h3-6,10,12H,7-9,14H2,1-2H3. The zero-order chi connectivity index (χ0) is 12.0. The molecule has 0 saturated heterocycles. The van der Waals surface area contributed by atoms with Crippen LogP contribution in [-0.2, 0) is 11.2 Å². The van der Waals surface area contributed by atoms with Crippen LogP contribution in [0.3, 0.4) is 0 Å². The predicted molar refractivity (Wildman–Crippen MR) is 64.9 cm³/mol. The molecule has 1 aromatic rings. The smallest absolute Gasteiger partial charge is 0.141 e. The zero-order valence-corrected chi connectivity index (χ0v) is 10.0. The van der Waals surface area contributed by atoms with Crippen LogP contribution in [0.5, 0.6) is 0 Å². The van der Waals surface area contributed by atoms with Crippen LogP contribution in [0.1, 0.15) is 25.8 Å². The maximum atomic E-state index is 12.0. The van der Waals surface area contributed by atoms with E-state index >= 15 is 0 Å². The largest absolute Gasteiger partial charge is 0.330 e. The molecule has 1 heterocycles.